The van der Waals surface area contributed by atoms with Crippen LogP contribution in [0.4, 0.5) is 0 Å². The van der Waals surface area contributed by atoms with Gasteiger partial charge in [-0.1, -0.05) is 73.8 Å². The van der Waals surface area contributed by atoms with Gasteiger partial charge >= 0.3 is 5.97 Å². The molecule has 0 atom stereocenters. The molecule has 0 aliphatic carbocycles. The SMILES string of the molecule is C=C(C)C(=O)OCCOCc1cc(C(C)(C)CCCC)c(O)c(C(C)(C)CCCC)c1. The normalized spacial score (nSPS) is 12.1. The molecule has 0 fully saturated rings. The Balaban J connectivity index is 3.11. The fourth-order valence-corrected chi connectivity index (χ4v) is 3.82. The number of ether oxygens (including phenoxy) is 2. The summed E-state index contributed by atoms with van der Waals surface area (Å²) in [6.45, 7) is 19.4. The summed E-state index contributed by atoms with van der Waals surface area (Å²) >= 11 is 0. The third-order valence-corrected chi connectivity index (χ3v) is 6.02. The highest BCUT2D eigenvalue weighted by Crippen LogP contribution is 2.43. The van der Waals surface area contributed by atoms with Gasteiger partial charge in [0.2, 0.25) is 0 Å². The van der Waals surface area contributed by atoms with Crippen molar-refractivity contribution in [3.8, 4) is 5.75 Å². The molecule has 176 valence electrons. The van der Waals surface area contributed by atoms with Gasteiger partial charge in [0.1, 0.15) is 12.4 Å². The average Bonchev–Trinajstić information content (AvgIpc) is 2.70. The zero-order valence-electron chi connectivity index (χ0n) is 20.9. The highest BCUT2D eigenvalue weighted by Gasteiger charge is 2.31. The van der Waals surface area contributed by atoms with E-state index in [2.05, 4.69) is 60.3 Å². The molecule has 4 nitrogen and oxygen atoms in total. The van der Waals surface area contributed by atoms with Crippen molar-refractivity contribution in [2.24, 2.45) is 0 Å². The number of hydrogen-bond acceptors (Lipinski definition) is 4. The summed E-state index contributed by atoms with van der Waals surface area (Å²) < 4.78 is 10.9. The molecule has 4 heteroatoms. The summed E-state index contributed by atoms with van der Waals surface area (Å²) in [5, 5.41) is 11.3. The number of benzene rings is 1. The minimum absolute atomic E-state index is 0.122. The van der Waals surface area contributed by atoms with Gasteiger partial charge in [-0.2, -0.15) is 0 Å². The predicted octanol–water partition coefficient (Wildman–Crippen LogP) is 6.96. The lowest BCUT2D eigenvalue weighted by atomic mass is 9.73. The summed E-state index contributed by atoms with van der Waals surface area (Å²) in [6, 6.07) is 4.18. The van der Waals surface area contributed by atoms with Gasteiger partial charge in [0.25, 0.3) is 0 Å². The molecule has 1 rings (SSSR count). The molecule has 1 aromatic rings. The smallest absolute Gasteiger partial charge is 0.333 e. The maximum Gasteiger partial charge on any atom is 0.333 e. The number of aromatic hydroxyl groups is 1. The predicted molar refractivity (Wildman–Crippen MR) is 129 cm³/mol. The molecule has 0 bridgehead atoms. The number of unbranched alkanes of at least 4 members (excludes halogenated alkanes) is 2. The molecule has 0 aliphatic rings. The first-order valence-electron chi connectivity index (χ1n) is 11.7. The van der Waals surface area contributed by atoms with Crippen molar-refractivity contribution in [3.63, 3.8) is 0 Å². The number of hydrogen-bond donors (Lipinski definition) is 1. The molecular weight excluding hydrogens is 388 g/mol. The highest BCUT2D eigenvalue weighted by atomic mass is 16.6. The number of carbonyl (C=O) groups is 1. The summed E-state index contributed by atoms with van der Waals surface area (Å²) in [5.74, 6) is 0.0366. The molecule has 0 unspecified atom stereocenters. The van der Waals surface area contributed by atoms with E-state index in [1.165, 1.54) is 0 Å². The van der Waals surface area contributed by atoms with Gasteiger partial charge in [0.15, 0.2) is 0 Å². The van der Waals surface area contributed by atoms with Crippen molar-refractivity contribution in [1.29, 1.82) is 0 Å². The van der Waals surface area contributed by atoms with Crippen molar-refractivity contribution >= 4 is 5.97 Å². The zero-order valence-corrected chi connectivity index (χ0v) is 20.9. The van der Waals surface area contributed by atoms with E-state index >= 15 is 0 Å². The summed E-state index contributed by atoms with van der Waals surface area (Å²) in [6.07, 6.45) is 6.54. The second-order valence-electron chi connectivity index (χ2n) is 9.98. The molecule has 1 N–H and O–H groups in total. The lowest BCUT2D eigenvalue weighted by Crippen LogP contribution is -2.23. The highest BCUT2D eigenvalue weighted by molar-refractivity contribution is 5.86. The van der Waals surface area contributed by atoms with Crippen LogP contribution in [0.25, 0.3) is 0 Å². The maximum absolute atomic E-state index is 11.5. The molecule has 1 aromatic carbocycles. The molecule has 0 radical (unpaired) electrons. The minimum Gasteiger partial charge on any atom is -0.507 e. The topological polar surface area (TPSA) is 55.8 Å². The molecule has 0 aliphatic heterocycles. The number of phenolic OH excluding ortho intramolecular Hbond substituents is 1. The van der Waals surface area contributed by atoms with E-state index in [0.717, 1.165) is 55.2 Å². The van der Waals surface area contributed by atoms with Crippen LogP contribution in [-0.2, 0) is 31.7 Å². The van der Waals surface area contributed by atoms with E-state index in [0.29, 0.717) is 24.5 Å². The molecule has 0 amide bonds. The molecule has 0 spiro atoms. The van der Waals surface area contributed by atoms with E-state index in [9.17, 15) is 9.90 Å². The first-order chi connectivity index (χ1) is 14.5. The third kappa shape index (κ3) is 8.33. The number of esters is 1. The van der Waals surface area contributed by atoms with E-state index in [4.69, 9.17) is 9.47 Å². The summed E-state index contributed by atoms with van der Waals surface area (Å²) in [4.78, 5) is 11.5. The Labute approximate surface area is 190 Å². The Bertz CT molecular complexity index is 690. The lowest BCUT2D eigenvalue weighted by Gasteiger charge is -2.32. The minimum atomic E-state index is -0.395. The van der Waals surface area contributed by atoms with E-state index in [-0.39, 0.29) is 17.4 Å². The molecular formula is C27H44O4. The number of rotatable bonds is 14. The quantitative estimate of drug-likeness (QED) is 0.196. The lowest BCUT2D eigenvalue weighted by molar-refractivity contribution is -0.140. The van der Waals surface area contributed by atoms with E-state index < -0.39 is 5.97 Å². The molecule has 0 aromatic heterocycles. The van der Waals surface area contributed by atoms with Crippen LogP contribution in [-0.4, -0.2) is 24.3 Å². The maximum atomic E-state index is 11.5. The molecule has 31 heavy (non-hydrogen) atoms. The van der Waals surface area contributed by atoms with Crippen molar-refractivity contribution in [1.82, 2.24) is 0 Å². The fourth-order valence-electron chi connectivity index (χ4n) is 3.82. The Hall–Kier alpha value is -1.81. The van der Waals surface area contributed by atoms with Crippen molar-refractivity contribution in [2.45, 2.75) is 104 Å². The van der Waals surface area contributed by atoms with Gasteiger partial charge in [0, 0.05) is 16.7 Å². The van der Waals surface area contributed by atoms with Gasteiger partial charge in [-0.3, -0.25) is 0 Å². The molecule has 0 heterocycles. The van der Waals surface area contributed by atoms with Crippen LogP contribution in [0.2, 0.25) is 0 Å². The van der Waals surface area contributed by atoms with Gasteiger partial charge in [-0.25, -0.2) is 4.79 Å². The molecule has 0 saturated carbocycles. The first-order valence-corrected chi connectivity index (χ1v) is 11.7. The average molecular weight is 433 g/mol. The van der Waals surface area contributed by atoms with Gasteiger partial charge in [0.05, 0.1) is 13.2 Å². The van der Waals surface area contributed by atoms with Crippen LogP contribution in [0.3, 0.4) is 0 Å². The van der Waals surface area contributed by atoms with Gasteiger partial charge < -0.3 is 14.6 Å². The van der Waals surface area contributed by atoms with Crippen LogP contribution >= 0.6 is 0 Å². The Morgan fingerprint density at radius 3 is 1.87 bits per heavy atom. The Morgan fingerprint density at radius 1 is 0.968 bits per heavy atom. The Kier molecular flexibility index (Phi) is 10.8. The van der Waals surface area contributed by atoms with Crippen molar-refractivity contribution in [2.75, 3.05) is 13.2 Å². The fraction of sp³-hybridized carbons (Fsp3) is 0.667. The van der Waals surface area contributed by atoms with Crippen LogP contribution in [0, 0.1) is 0 Å². The van der Waals surface area contributed by atoms with Gasteiger partial charge in [-0.15, -0.1) is 0 Å². The first kappa shape index (κ1) is 27.2. The second kappa shape index (κ2) is 12.3. The van der Waals surface area contributed by atoms with E-state index in [1.807, 2.05) is 0 Å². The summed E-state index contributed by atoms with van der Waals surface area (Å²) in [7, 11) is 0. The van der Waals surface area contributed by atoms with Crippen molar-refractivity contribution in [3.05, 3.63) is 41.0 Å². The van der Waals surface area contributed by atoms with Crippen LogP contribution < -0.4 is 0 Å². The Morgan fingerprint density at radius 2 is 1.45 bits per heavy atom. The standard InChI is InChI=1S/C27H44O4/c1-9-11-13-26(5,6)22-17-21(19-30-15-16-31-25(29)20(3)4)18-23(24(22)28)27(7,8)14-12-10-2/h17-18,28H,3,9-16,19H2,1-2,4-8H3. The number of phenols is 1. The number of carbonyl (C=O) groups excluding carboxylic acids is 1. The third-order valence-electron chi connectivity index (χ3n) is 6.02. The zero-order chi connectivity index (χ0) is 23.7. The van der Waals surface area contributed by atoms with E-state index in [1.54, 1.807) is 6.92 Å². The van der Waals surface area contributed by atoms with Crippen molar-refractivity contribution < 1.29 is 19.4 Å². The molecule has 0 saturated heterocycles. The van der Waals surface area contributed by atoms with Crippen LogP contribution in [0.5, 0.6) is 5.75 Å². The van der Waals surface area contributed by atoms with Crippen LogP contribution in [0.15, 0.2) is 24.3 Å². The largest absolute Gasteiger partial charge is 0.507 e. The van der Waals surface area contributed by atoms with Crippen LogP contribution in [0.1, 0.15) is 104 Å². The summed E-state index contributed by atoms with van der Waals surface area (Å²) in [5.41, 5.74) is 3.18. The monoisotopic (exact) mass is 432 g/mol. The second-order valence-corrected chi connectivity index (χ2v) is 9.98. The van der Waals surface area contributed by atoms with Gasteiger partial charge in [-0.05, 0) is 48.3 Å².